The van der Waals surface area contributed by atoms with Gasteiger partial charge in [-0.2, -0.15) is 0 Å². The third kappa shape index (κ3) is 6.32. The Morgan fingerprint density at radius 2 is 1.75 bits per heavy atom. The van der Waals surface area contributed by atoms with Gasteiger partial charge in [-0.05, 0) is 51.8 Å². The summed E-state index contributed by atoms with van der Waals surface area (Å²) in [7, 11) is 0. The Morgan fingerprint density at radius 1 is 1.08 bits per heavy atom. The summed E-state index contributed by atoms with van der Waals surface area (Å²) in [6.07, 6.45) is 3.59. The Bertz CT molecular complexity index is 536. The number of carbonyl (C=O) groups excluding carboxylic acids is 2. The van der Waals surface area contributed by atoms with E-state index in [0.29, 0.717) is 25.4 Å². The first kappa shape index (κ1) is 18.5. The fourth-order valence-electron chi connectivity index (χ4n) is 2.92. The third-order valence-corrected chi connectivity index (χ3v) is 4.57. The Labute approximate surface area is 144 Å². The zero-order valence-corrected chi connectivity index (χ0v) is 14.8. The van der Waals surface area contributed by atoms with E-state index in [2.05, 4.69) is 22.5 Å². The van der Waals surface area contributed by atoms with Crippen LogP contribution in [0.3, 0.4) is 0 Å². The van der Waals surface area contributed by atoms with Crippen LogP contribution in [-0.4, -0.2) is 48.9 Å². The molecular weight excluding hydrogens is 302 g/mol. The highest BCUT2D eigenvalue weighted by molar-refractivity contribution is 5.84. The number of amides is 2. The number of benzene rings is 1. The number of likely N-dealkylation sites (tertiary alicyclic amines) is 1. The zero-order valence-electron chi connectivity index (χ0n) is 14.8. The van der Waals surface area contributed by atoms with Gasteiger partial charge in [-0.3, -0.25) is 14.5 Å². The molecular formula is C19H29N3O2. The van der Waals surface area contributed by atoms with Crippen LogP contribution in [0.4, 0.5) is 0 Å². The second kappa shape index (κ2) is 9.42. The number of nitrogens with zero attached hydrogens (tertiary/aromatic N) is 1. The van der Waals surface area contributed by atoms with Crippen molar-refractivity contribution in [3.05, 3.63) is 35.4 Å². The molecule has 1 aromatic rings. The van der Waals surface area contributed by atoms with Crippen LogP contribution in [0.25, 0.3) is 0 Å². The highest BCUT2D eigenvalue weighted by Crippen LogP contribution is 2.10. The van der Waals surface area contributed by atoms with Crippen molar-refractivity contribution < 1.29 is 9.59 Å². The topological polar surface area (TPSA) is 61.4 Å². The minimum atomic E-state index is -0.121. The summed E-state index contributed by atoms with van der Waals surface area (Å²) >= 11 is 0. The van der Waals surface area contributed by atoms with E-state index in [9.17, 15) is 9.59 Å². The van der Waals surface area contributed by atoms with Gasteiger partial charge in [-0.15, -0.1) is 0 Å². The van der Waals surface area contributed by atoms with Crippen LogP contribution < -0.4 is 10.6 Å². The molecule has 1 aromatic carbocycles. The molecule has 2 amide bonds. The summed E-state index contributed by atoms with van der Waals surface area (Å²) in [5.41, 5.74) is 2.35. The van der Waals surface area contributed by atoms with Gasteiger partial charge in [0.2, 0.25) is 11.8 Å². The molecule has 0 aliphatic carbocycles. The summed E-state index contributed by atoms with van der Waals surface area (Å²) in [4.78, 5) is 26.1. The quantitative estimate of drug-likeness (QED) is 0.761. The molecule has 5 heteroatoms. The highest BCUT2D eigenvalue weighted by Gasteiger charge is 2.18. The molecule has 24 heavy (non-hydrogen) atoms. The summed E-state index contributed by atoms with van der Waals surface area (Å²) in [5, 5.41) is 5.59. The van der Waals surface area contributed by atoms with Crippen molar-refractivity contribution in [3.63, 3.8) is 0 Å². The molecule has 2 rings (SSSR count). The molecule has 1 saturated heterocycles. The molecule has 1 heterocycles. The molecule has 2 N–H and O–H groups in total. The number of rotatable bonds is 8. The van der Waals surface area contributed by atoms with Gasteiger partial charge >= 0.3 is 0 Å². The highest BCUT2D eigenvalue weighted by atomic mass is 16.2. The first-order chi connectivity index (χ1) is 11.5. The summed E-state index contributed by atoms with van der Waals surface area (Å²) < 4.78 is 0. The number of carbonyl (C=O) groups is 2. The maximum atomic E-state index is 11.8. The molecule has 5 nitrogen and oxygen atoms in total. The van der Waals surface area contributed by atoms with Gasteiger partial charge < -0.3 is 10.6 Å². The van der Waals surface area contributed by atoms with Crippen LogP contribution >= 0.6 is 0 Å². The zero-order chi connectivity index (χ0) is 17.4. The average molecular weight is 331 g/mol. The fourth-order valence-corrected chi connectivity index (χ4v) is 2.92. The maximum Gasteiger partial charge on any atom is 0.239 e. The van der Waals surface area contributed by atoms with Crippen LogP contribution in [0, 0.1) is 6.92 Å². The Morgan fingerprint density at radius 3 is 2.42 bits per heavy atom. The van der Waals surface area contributed by atoms with Crippen molar-refractivity contribution in [1.82, 2.24) is 15.5 Å². The molecule has 1 atom stereocenters. The predicted octanol–water partition coefficient (Wildman–Crippen LogP) is 1.64. The van der Waals surface area contributed by atoms with E-state index < -0.39 is 0 Å². The maximum absolute atomic E-state index is 11.8. The van der Waals surface area contributed by atoms with E-state index in [1.807, 2.05) is 31.2 Å². The largest absolute Gasteiger partial charge is 0.353 e. The van der Waals surface area contributed by atoms with Crippen molar-refractivity contribution >= 4 is 11.8 Å². The lowest BCUT2D eigenvalue weighted by Crippen LogP contribution is -2.44. The lowest BCUT2D eigenvalue weighted by molar-refractivity contribution is -0.126. The molecule has 0 spiro atoms. The molecule has 0 saturated carbocycles. The van der Waals surface area contributed by atoms with Crippen LogP contribution in [0.1, 0.15) is 37.3 Å². The molecule has 1 fully saturated rings. The molecule has 0 aromatic heterocycles. The minimum Gasteiger partial charge on any atom is -0.353 e. The van der Waals surface area contributed by atoms with E-state index in [-0.39, 0.29) is 18.4 Å². The average Bonchev–Trinajstić information content (AvgIpc) is 3.12. The fraction of sp³-hybridized carbons (Fsp3) is 0.579. The number of aryl methyl sites for hydroxylation is 2. The van der Waals surface area contributed by atoms with E-state index in [4.69, 9.17) is 0 Å². The lowest BCUT2D eigenvalue weighted by atomic mass is 10.1. The van der Waals surface area contributed by atoms with Crippen LogP contribution in [0.2, 0.25) is 0 Å². The van der Waals surface area contributed by atoms with Crippen molar-refractivity contribution in [2.75, 3.05) is 26.2 Å². The molecule has 1 aliphatic heterocycles. The normalized spacial score (nSPS) is 15.9. The van der Waals surface area contributed by atoms with Crippen molar-refractivity contribution in [1.29, 1.82) is 0 Å². The number of nitrogens with one attached hydrogen (secondary N) is 2. The second-order valence-electron chi connectivity index (χ2n) is 6.66. The van der Waals surface area contributed by atoms with Crippen molar-refractivity contribution in [2.45, 2.75) is 45.6 Å². The van der Waals surface area contributed by atoms with E-state index >= 15 is 0 Å². The summed E-state index contributed by atoms with van der Waals surface area (Å²) in [6, 6.07) is 8.52. The van der Waals surface area contributed by atoms with Crippen molar-refractivity contribution in [2.24, 2.45) is 0 Å². The van der Waals surface area contributed by atoms with Gasteiger partial charge in [-0.25, -0.2) is 0 Å². The molecule has 132 valence electrons. The molecule has 1 aliphatic rings. The molecule has 1 unspecified atom stereocenters. The number of hydrogen-bond acceptors (Lipinski definition) is 3. The summed E-state index contributed by atoms with van der Waals surface area (Å²) in [5.74, 6) is -0.206. The third-order valence-electron chi connectivity index (χ3n) is 4.57. The van der Waals surface area contributed by atoms with Gasteiger partial charge in [0, 0.05) is 19.0 Å². The van der Waals surface area contributed by atoms with E-state index in [1.54, 1.807) is 0 Å². The standard InChI is InChI=1S/C19H29N3O2/c1-15-5-7-17(8-6-15)9-10-18(23)21-14-19(24)20-13-16(2)22-11-3-4-12-22/h5-8,16H,3-4,9-14H2,1-2H3,(H,20,24)(H,21,23). The molecule has 0 radical (unpaired) electrons. The van der Waals surface area contributed by atoms with Gasteiger partial charge in [0.15, 0.2) is 0 Å². The Kier molecular flexibility index (Phi) is 7.25. The Hall–Kier alpha value is -1.88. The monoisotopic (exact) mass is 331 g/mol. The van der Waals surface area contributed by atoms with Crippen LogP contribution in [0.15, 0.2) is 24.3 Å². The number of hydrogen-bond donors (Lipinski definition) is 2. The van der Waals surface area contributed by atoms with Crippen molar-refractivity contribution in [3.8, 4) is 0 Å². The second-order valence-corrected chi connectivity index (χ2v) is 6.66. The predicted molar refractivity (Wildman–Crippen MR) is 95.8 cm³/mol. The van der Waals surface area contributed by atoms with E-state index in [1.165, 1.54) is 18.4 Å². The van der Waals surface area contributed by atoms with Gasteiger partial charge in [0.05, 0.1) is 6.54 Å². The molecule has 0 bridgehead atoms. The van der Waals surface area contributed by atoms with Gasteiger partial charge in [-0.1, -0.05) is 29.8 Å². The Balaban J connectivity index is 1.58. The smallest absolute Gasteiger partial charge is 0.239 e. The van der Waals surface area contributed by atoms with Crippen LogP contribution in [0.5, 0.6) is 0 Å². The first-order valence-corrected chi connectivity index (χ1v) is 8.87. The van der Waals surface area contributed by atoms with Gasteiger partial charge in [0.1, 0.15) is 0 Å². The SMILES string of the molecule is Cc1ccc(CCC(=O)NCC(=O)NCC(C)N2CCCC2)cc1. The minimum absolute atomic E-state index is 0.0550. The lowest BCUT2D eigenvalue weighted by Gasteiger charge is -2.23. The van der Waals surface area contributed by atoms with Gasteiger partial charge in [0.25, 0.3) is 0 Å². The first-order valence-electron chi connectivity index (χ1n) is 8.87. The van der Waals surface area contributed by atoms with Crippen LogP contribution in [-0.2, 0) is 16.0 Å². The summed E-state index contributed by atoms with van der Waals surface area (Å²) in [6.45, 7) is 7.10. The van der Waals surface area contributed by atoms with E-state index in [0.717, 1.165) is 18.7 Å².